The molecule has 3 aromatic rings. The zero-order chi connectivity index (χ0) is 17.9. The number of rotatable bonds is 5. The van der Waals surface area contributed by atoms with E-state index >= 15 is 0 Å². The largest absolute Gasteiger partial charge is 0.497 e. The van der Waals surface area contributed by atoms with E-state index in [2.05, 4.69) is 38.2 Å². The predicted molar refractivity (Wildman–Crippen MR) is 97.9 cm³/mol. The molecular weight excluding hydrogens is 328 g/mol. The molecule has 0 unspecified atom stereocenters. The Bertz CT molecular complexity index is 960. The van der Waals surface area contributed by atoms with Crippen LogP contribution in [-0.2, 0) is 6.54 Å². The number of nitriles is 1. The highest BCUT2D eigenvalue weighted by atomic mass is 16.5. The molecule has 132 valence electrons. The van der Waals surface area contributed by atoms with E-state index in [4.69, 9.17) is 10.00 Å². The lowest BCUT2D eigenvalue weighted by Crippen LogP contribution is -2.24. The minimum absolute atomic E-state index is 0.255. The molecule has 1 aromatic carbocycles. The van der Waals surface area contributed by atoms with Crippen molar-refractivity contribution < 1.29 is 4.74 Å². The molecule has 1 saturated heterocycles. The first kappa shape index (κ1) is 16.3. The van der Waals surface area contributed by atoms with E-state index in [0.29, 0.717) is 13.0 Å². The molecule has 2 aromatic heterocycles. The number of methoxy groups -OCH3 is 1. The Balaban J connectivity index is 1.72. The van der Waals surface area contributed by atoms with Gasteiger partial charge in [0.1, 0.15) is 17.9 Å². The fraction of sp³-hybridized carbons (Fsp3) is 0.368. The molecule has 7 nitrogen and oxygen atoms in total. The maximum Gasteiger partial charge on any atom is 0.163 e. The quantitative estimate of drug-likeness (QED) is 0.705. The molecule has 1 aliphatic rings. The van der Waals surface area contributed by atoms with Gasteiger partial charge in [0, 0.05) is 6.54 Å². The Morgan fingerprint density at radius 2 is 2.27 bits per heavy atom. The van der Waals surface area contributed by atoms with Gasteiger partial charge in [-0.2, -0.15) is 10.4 Å². The van der Waals surface area contributed by atoms with E-state index in [1.165, 1.54) is 5.56 Å². The molecule has 0 N–H and O–H groups in total. The van der Waals surface area contributed by atoms with Crippen molar-refractivity contribution in [2.75, 3.05) is 18.6 Å². The Morgan fingerprint density at radius 1 is 1.35 bits per heavy atom. The summed E-state index contributed by atoms with van der Waals surface area (Å²) < 4.78 is 7.16. The molecule has 1 atom stereocenters. The van der Waals surface area contributed by atoms with Crippen LogP contribution in [0.5, 0.6) is 5.75 Å². The summed E-state index contributed by atoms with van der Waals surface area (Å²) in [6.07, 6.45) is 5.98. The number of hydrogen-bond acceptors (Lipinski definition) is 6. The van der Waals surface area contributed by atoms with Crippen LogP contribution >= 0.6 is 0 Å². The molecule has 1 fully saturated rings. The molecule has 0 aliphatic carbocycles. The van der Waals surface area contributed by atoms with Crippen LogP contribution < -0.4 is 9.64 Å². The zero-order valence-electron chi connectivity index (χ0n) is 14.7. The summed E-state index contributed by atoms with van der Waals surface area (Å²) in [4.78, 5) is 11.3. The van der Waals surface area contributed by atoms with E-state index in [1.807, 2.05) is 18.3 Å². The Kier molecular flexibility index (Phi) is 4.40. The van der Waals surface area contributed by atoms with Crippen molar-refractivity contribution >= 4 is 16.9 Å². The maximum atomic E-state index is 8.83. The summed E-state index contributed by atoms with van der Waals surface area (Å²) in [6.45, 7) is 1.48. The van der Waals surface area contributed by atoms with Crippen molar-refractivity contribution in [3.8, 4) is 11.8 Å². The first-order valence-electron chi connectivity index (χ1n) is 8.76. The van der Waals surface area contributed by atoms with Gasteiger partial charge in [-0.25, -0.2) is 14.6 Å². The third kappa shape index (κ3) is 2.84. The highest BCUT2D eigenvalue weighted by molar-refractivity contribution is 5.87. The van der Waals surface area contributed by atoms with E-state index < -0.39 is 0 Å². The minimum atomic E-state index is 0.255. The molecule has 1 aliphatic heterocycles. The van der Waals surface area contributed by atoms with Crippen LogP contribution in [0, 0.1) is 11.3 Å². The highest BCUT2D eigenvalue weighted by Crippen LogP contribution is 2.38. The zero-order valence-corrected chi connectivity index (χ0v) is 14.7. The number of nitrogens with zero attached hydrogens (tertiary/aromatic N) is 6. The first-order valence-corrected chi connectivity index (χ1v) is 8.76. The molecule has 0 radical (unpaired) electrons. The Morgan fingerprint density at radius 3 is 3.12 bits per heavy atom. The lowest BCUT2D eigenvalue weighted by atomic mass is 10.0. The van der Waals surface area contributed by atoms with Gasteiger partial charge in [-0.05, 0) is 30.5 Å². The lowest BCUT2D eigenvalue weighted by Gasteiger charge is -2.26. The average Bonchev–Trinajstić information content (AvgIpc) is 3.33. The third-order valence-corrected chi connectivity index (χ3v) is 4.85. The van der Waals surface area contributed by atoms with E-state index in [0.717, 1.165) is 42.0 Å². The highest BCUT2D eigenvalue weighted by Gasteiger charge is 2.29. The SMILES string of the molecule is COc1cccc([C@H]2CCCN2c2ncnc3c2cnn3CCC#N)c1. The molecule has 3 heterocycles. The maximum absolute atomic E-state index is 8.83. The van der Waals surface area contributed by atoms with Crippen molar-refractivity contribution in [2.24, 2.45) is 0 Å². The minimum Gasteiger partial charge on any atom is -0.497 e. The smallest absolute Gasteiger partial charge is 0.163 e. The Hall–Kier alpha value is -3.14. The second-order valence-corrected chi connectivity index (χ2v) is 6.34. The standard InChI is InChI=1S/C19H20N6O/c1-26-15-6-2-5-14(11-15)17-7-3-9-24(17)18-16-12-23-25(10-4-8-20)19(16)22-13-21-18/h2,5-6,11-13,17H,3-4,7,9-10H2,1H3/t17-/m1/s1. The fourth-order valence-corrected chi connectivity index (χ4v) is 3.64. The molecule has 26 heavy (non-hydrogen) atoms. The average molecular weight is 348 g/mol. The van der Waals surface area contributed by atoms with Crippen LogP contribution in [0.15, 0.2) is 36.8 Å². The van der Waals surface area contributed by atoms with Crippen molar-refractivity contribution in [3.63, 3.8) is 0 Å². The van der Waals surface area contributed by atoms with Gasteiger partial charge < -0.3 is 9.64 Å². The first-order chi connectivity index (χ1) is 12.8. The van der Waals surface area contributed by atoms with Gasteiger partial charge in [-0.3, -0.25) is 0 Å². The van der Waals surface area contributed by atoms with Gasteiger partial charge >= 0.3 is 0 Å². The molecule has 0 saturated carbocycles. The number of aryl methyl sites for hydroxylation is 1. The van der Waals surface area contributed by atoms with Crippen LogP contribution in [0.1, 0.15) is 30.9 Å². The van der Waals surface area contributed by atoms with Crippen LogP contribution in [0.25, 0.3) is 11.0 Å². The lowest BCUT2D eigenvalue weighted by molar-refractivity contribution is 0.414. The number of fused-ring (bicyclic) bond motifs is 1. The van der Waals surface area contributed by atoms with Gasteiger partial charge in [0.15, 0.2) is 5.65 Å². The summed E-state index contributed by atoms with van der Waals surface area (Å²) in [5.74, 6) is 1.77. The van der Waals surface area contributed by atoms with Crippen molar-refractivity contribution in [1.29, 1.82) is 5.26 Å². The summed E-state index contributed by atoms with van der Waals surface area (Å²) in [5.41, 5.74) is 2.01. The summed E-state index contributed by atoms with van der Waals surface area (Å²) in [6, 6.07) is 10.6. The molecule has 0 spiro atoms. The monoisotopic (exact) mass is 348 g/mol. The van der Waals surface area contributed by atoms with Gasteiger partial charge in [-0.1, -0.05) is 12.1 Å². The second kappa shape index (κ2) is 7.00. The van der Waals surface area contributed by atoms with E-state index in [1.54, 1.807) is 18.1 Å². The number of benzene rings is 1. The normalized spacial score (nSPS) is 16.8. The van der Waals surface area contributed by atoms with Gasteiger partial charge in [0.05, 0.1) is 43.8 Å². The predicted octanol–water partition coefficient (Wildman–Crippen LogP) is 3.09. The summed E-state index contributed by atoms with van der Waals surface area (Å²) in [5, 5.41) is 14.2. The Labute approximate surface area is 151 Å². The molecule has 4 rings (SSSR count). The van der Waals surface area contributed by atoms with Crippen LogP contribution in [0.4, 0.5) is 5.82 Å². The third-order valence-electron chi connectivity index (χ3n) is 4.85. The number of anilines is 1. The van der Waals surface area contributed by atoms with Crippen molar-refractivity contribution in [3.05, 3.63) is 42.4 Å². The van der Waals surface area contributed by atoms with Crippen LogP contribution in [-0.4, -0.2) is 33.4 Å². The molecule has 7 heteroatoms. The van der Waals surface area contributed by atoms with Crippen LogP contribution in [0.2, 0.25) is 0 Å². The molecule has 0 bridgehead atoms. The summed E-state index contributed by atoms with van der Waals surface area (Å²) >= 11 is 0. The summed E-state index contributed by atoms with van der Waals surface area (Å²) in [7, 11) is 1.69. The van der Waals surface area contributed by atoms with Crippen molar-refractivity contribution in [1.82, 2.24) is 19.7 Å². The fourth-order valence-electron chi connectivity index (χ4n) is 3.64. The number of aromatic nitrogens is 4. The van der Waals surface area contributed by atoms with E-state index in [9.17, 15) is 0 Å². The van der Waals surface area contributed by atoms with Gasteiger partial charge in [0.2, 0.25) is 0 Å². The molecular formula is C19H20N6O. The number of hydrogen-bond donors (Lipinski definition) is 0. The van der Waals surface area contributed by atoms with Crippen molar-refractivity contribution in [2.45, 2.75) is 31.8 Å². The molecule has 0 amide bonds. The van der Waals surface area contributed by atoms with E-state index in [-0.39, 0.29) is 6.04 Å². The number of ether oxygens (including phenoxy) is 1. The van der Waals surface area contributed by atoms with Gasteiger partial charge in [0.25, 0.3) is 0 Å². The topological polar surface area (TPSA) is 79.9 Å². The van der Waals surface area contributed by atoms with Gasteiger partial charge in [-0.15, -0.1) is 0 Å². The van der Waals surface area contributed by atoms with Crippen LogP contribution in [0.3, 0.4) is 0 Å². The second-order valence-electron chi connectivity index (χ2n) is 6.34.